The van der Waals surface area contributed by atoms with Gasteiger partial charge in [0.05, 0.1) is 19.8 Å². The third-order valence-corrected chi connectivity index (χ3v) is 5.17. The molecule has 2 aromatic carbocycles. The molecule has 0 saturated carbocycles. The van der Waals surface area contributed by atoms with Gasteiger partial charge in [0, 0.05) is 12.6 Å². The molecule has 1 heterocycles. The minimum Gasteiger partial charge on any atom is -0.493 e. The molecule has 0 bridgehead atoms. The van der Waals surface area contributed by atoms with Crippen LogP contribution in [-0.2, 0) is 12.8 Å². The summed E-state index contributed by atoms with van der Waals surface area (Å²) in [6, 6.07) is 17.0. The highest BCUT2D eigenvalue weighted by molar-refractivity contribution is 5.47. The van der Waals surface area contributed by atoms with E-state index in [0.717, 1.165) is 43.7 Å². The van der Waals surface area contributed by atoms with E-state index in [0.29, 0.717) is 12.6 Å². The number of β-amino-alcohol motifs (C(OH)–C–C–N with tert-alkyl or cyclic N) is 1. The lowest BCUT2D eigenvalue weighted by molar-refractivity contribution is 0.182. The van der Waals surface area contributed by atoms with Crippen molar-refractivity contribution in [2.45, 2.75) is 37.8 Å². The normalized spacial score (nSPS) is 20.3. The molecule has 1 N–H and O–H groups in total. The van der Waals surface area contributed by atoms with Gasteiger partial charge in [0.1, 0.15) is 0 Å². The Morgan fingerprint density at radius 2 is 1.88 bits per heavy atom. The molecule has 1 saturated heterocycles. The monoisotopic (exact) mass is 355 g/mol. The van der Waals surface area contributed by atoms with Gasteiger partial charge in [0.15, 0.2) is 11.5 Å². The van der Waals surface area contributed by atoms with E-state index in [9.17, 15) is 5.11 Å². The number of hydrogen-bond donors (Lipinski definition) is 1. The molecule has 0 radical (unpaired) electrons. The third kappa shape index (κ3) is 4.77. The van der Waals surface area contributed by atoms with E-state index in [-0.39, 0.29) is 6.10 Å². The van der Waals surface area contributed by atoms with Crippen LogP contribution in [0.3, 0.4) is 0 Å². The number of likely N-dealkylation sites (tertiary alicyclic amines) is 1. The summed E-state index contributed by atoms with van der Waals surface area (Å²) < 4.78 is 11.7. The molecule has 1 fully saturated rings. The van der Waals surface area contributed by atoms with Crippen LogP contribution < -0.4 is 9.47 Å². The van der Waals surface area contributed by atoms with E-state index < -0.39 is 0 Å². The summed E-state index contributed by atoms with van der Waals surface area (Å²) in [5, 5.41) is 9.79. The second kappa shape index (κ2) is 9.06. The van der Waals surface area contributed by atoms with Gasteiger partial charge in [0.2, 0.25) is 0 Å². The standard InChI is InChI=1S/C22H29NO3/c1-23-16-20(24)15-19(23)13-14-26-22-18(9-6-10-21(22)25-2)12-11-17-7-4-3-5-8-17/h3-10,19-20,24H,11-16H2,1-2H3/t19-,20-/m1/s1. The van der Waals surface area contributed by atoms with Crippen molar-refractivity contribution in [1.82, 2.24) is 4.90 Å². The second-order valence-corrected chi connectivity index (χ2v) is 7.05. The zero-order valence-corrected chi connectivity index (χ0v) is 15.7. The highest BCUT2D eigenvalue weighted by Crippen LogP contribution is 2.32. The van der Waals surface area contributed by atoms with Crippen LogP contribution in [0.2, 0.25) is 0 Å². The first-order valence-corrected chi connectivity index (χ1v) is 9.38. The van der Waals surface area contributed by atoms with Gasteiger partial charge in [-0.3, -0.25) is 0 Å². The smallest absolute Gasteiger partial charge is 0.164 e. The molecule has 0 unspecified atom stereocenters. The van der Waals surface area contributed by atoms with Gasteiger partial charge in [-0.05, 0) is 49.9 Å². The van der Waals surface area contributed by atoms with Crippen LogP contribution in [0.15, 0.2) is 48.5 Å². The van der Waals surface area contributed by atoms with E-state index in [4.69, 9.17) is 9.47 Å². The minimum absolute atomic E-state index is 0.210. The van der Waals surface area contributed by atoms with E-state index in [2.05, 4.69) is 42.3 Å². The fourth-order valence-corrected chi connectivity index (χ4v) is 3.69. The van der Waals surface area contributed by atoms with Gasteiger partial charge in [-0.2, -0.15) is 0 Å². The predicted octanol–water partition coefficient (Wildman–Crippen LogP) is 3.31. The Labute approximate surface area is 156 Å². The molecule has 4 nitrogen and oxygen atoms in total. The third-order valence-electron chi connectivity index (χ3n) is 5.17. The molecule has 0 amide bonds. The van der Waals surface area contributed by atoms with Crippen molar-refractivity contribution in [3.63, 3.8) is 0 Å². The van der Waals surface area contributed by atoms with Crippen molar-refractivity contribution in [3.8, 4) is 11.5 Å². The quantitative estimate of drug-likeness (QED) is 0.789. The Bertz CT molecular complexity index is 689. The molecule has 1 aliphatic heterocycles. The summed E-state index contributed by atoms with van der Waals surface area (Å²) in [5.74, 6) is 1.64. The zero-order valence-electron chi connectivity index (χ0n) is 15.7. The van der Waals surface area contributed by atoms with Crippen molar-refractivity contribution in [3.05, 3.63) is 59.7 Å². The van der Waals surface area contributed by atoms with Gasteiger partial charge in [-0.1, -0.05) is 42.5 Å². The van der Waals surface area contributed by atoms with Crippen molar-refractivity contribution >= 4 is 0 Å². The average molecular weight is 355 g/mol. The molecule has 1 aliphatic rings. The van der Waals surface area contributed by atoms with Crippen LogP contribution in [0.5, 0.6) is 11.5 Å². The Morgan fingerprint density at radius 1 is 1.08 bits per heavy atom. The van der Waals surface area contributed by atoms with Crippen LogP contribution in [0.25, 0.3) is 0 Å². The number of aliphatic hydroxyl groups is 1. The molecule has 3 rings (SSSR count). The average Bonchev–Trinajstić information content (AvgIpc) is 2.98. The lowest BCUT2D eigenvalue weighted by Gasteiger charge is -2.20. The van der Waals surface area contributed by atoms with E-state index in [1.54, 1.807) is 7.11 Å². The number of hydrogen-bond acceptors (Lipinski definition) is 4. The minimum atomic E-state index is -0.210. The number of para-hydroxylation sites is 1. The maximum Gasteiger partial charge on any atom is 0.164 e. The summed E-state index contributed by atoms with van der Waals surface area (Å²) in [5.41, 5.74) is 2.50. The van der Waals surface area contributed by atoms with E-state index in [1.165, 1.54) is 11.1 Å². The van der Waals surface area contributed by atoms with Crippen LogP contribution in [-0.4, -0.2) is 49.5 Å². The number of methoxy groups -OCH3 is 1. The molecular formula is C22H29NO3. The second-order valence-electron chi connectivity index (χ2n) is 7.05. The summed E-state index contributed by atoms with van der Waals surface area (Å²) in [6.45, 7) is 1.38. The SMILES string of the molecule is COc1cccc(CCc2ccccc2)c1OCC[C@@H]1C[C@@H](O)CN1C. The van der Waals surface area contributed by atoms with E-state index in [1.807, 2.05) is 18.2 Å². The van der Waals surface area contributed by atoms with Crippen molar-refractivity contribution in [2.75, 3.05) is 27.3 Å². The summed E-state index contributed by atoms with van der Waals surface area (Å²) in [6.07, 6.45) is 3.41. The molecule has 0 aromatic heterocycles. The lowest BCUT2D eigenvalue weighted by atomic mass is 10.0. The first-order chi connectivity index (χ1) is 12.7. The zero-order chi connectivity index (χ0) is 18.4. The first-order valence-electron chi connectivity index (χ1n) is 9.38. The Hall–Kier alpha value is -2.04. The number of ether oxygens (including phenoxy) is 2. The predicted molar refractivity (Wildman–Crippen MR) is 104 cm³/mol. The fraction of sp³-hybridized carbons (Fsp3) is 0.455. The largest absolute Gasteiger partial charge is 0.493 e. The number of aryl methyl sites for hydroxylation is 2. The van der Waals surface area contributed by atoms with Gasteiger partial charge in [0.25, 0.3) is 0 Å². The van der Waals surface area contributed by atoms with Crippen LogP contribution in [0, 0.1) is 0 Å². The Balaban J connectivity index is 1.63. The molecule has 0 spiro atoms. The lowest BCUT2D eigenvalue weighted by Crippen LogP contribution is -2.26. The maximum absolute atomic E-state index is 9.79. The van der Waals surface area contributed by atoms with Gasteiger partial charge >= 0.3 is 0 Å². The van der Waals surface area contributed by atoms with Gasteiger partial charge in [-0.15, -0.1) is 0 Å². The molecule has 2 aromatic rings. The van der Waals surface area contributed by atoms with Gasteiger partial charge < -0.3 is 19.5 Å². The molecule has 0 aliphatic carbocycles. The molecule has 26 heavy (non-hydrogen) atoms. The topological polar surface area (TPSA) is 41.9 Å². The molecule has 140 valence electrons. The number of rotatable bonds is 8. The summed E-state index contributed by atoms with van der Waals surface area (Å²) in [4.78, 5) is 2.21. The van der Waals surface area contributed by atoms with Crippen molar-refractivity contribution in [2.24, 2.45) is 0 Å². The Morgan fingerprint density at radius 3 is 2.58 bits per heavy atom. The first kappa shape index (κ1) is 18.7. The van der Waals surface area contributed by atoms with Crippen molar-refractivity contribution < 1.29 is 14.6 Å². The molecule has 4 heteroatoms. The fourth-order valence-electron chi connectivity index (χ4n) is 3.69. The Kier molecular flexibility index (Phi) is 6.53. The number of aliphatic hydroxyl groups excluding tert-OH is 1. The highest BCUT2D eigenvalue weighted by Gasteiger charge is 2.27. The number of nitrogens with zero attached hydrogens (tertiary/aromatic N) is 1. The van der Waals surface area contributed by atoms with Crippen LogP contribution in [0.1, 0.15) is 24.0 Å². The highest BCUT2D eigenvalue weighted by atomic mass is 16.5. The summed E-state index contributed by atoms with van der Waals surface area (Å²) in [7, 11) is 3.75. The van der Waals surface area contributed by atoms with E-state index >= 15 is 0 Å². The molecule has 2 atom stereocenters. The van der Waals surface area contributed by atoms with Gasteiger partial charge in [-0.25, -0.2) is 0 Å². The summed E-state index contributed by atoms with van der Waals surface area (Å²) >= 11 is 0. The van der Waals surface area contributed by atoms with Crippen molar-refractivity contribution in [1.29, 1.82) is 0 Å². The van der Waals surface area contributed by atoms with Crippen LogP contribution in [0.4, 0.5) is 0 Å². The molecular weight excluding hydrogens is 326 g/mol. The van der Waals surface area contributed by atoms with Crippen LogP contribution >= 0.6 is 0 Å². The maximum atomic E-state index is 9.79. The number of likely N-dealkylation sites (N-methyl/N-ethyl adjacent to an activating group) is 1. The number of benzene rings is 2.